The molecule has 3 heteroatoms. The molecule has 0 heterocycles. The summed E-state index contributed by atoms with van der Waals surface area (Å²) in [4.78, 5) is 13.4. The van der Waals surface area contributed by atoms with E-state index in [1.165, 1.54) is 55.7 Å². The third-order valence-electron chi connectivity index (χ3n) is 9.94. The molecule has 0 saturated heterocycles. The number of aryl methyl sites for hydroxylation is 4. The highest BCUT2D eigenvalue weighted by Gasteiger charge is 2.14. The second kappa shape index (κ2) is 17.0. The maximum atomic E-state index is 11.2. The van der Waals surface area contributed by atoms with Gasteiger partial charge in [-0.2, -0.15) is 0 Å². The molecule has 0 atom stereocenters. The molecule has 0 aliphatic carbocycles. The van der Waals surface area contributed by atoms with E-state index in [0.717, 1.165) is 39.8 Å². The predicted molar refractivity (Wildman–Crippen MR) is 236 cm³/mol. The quantitative estimate of drug-likeness (QED) is 0.107. The van der Waals surface area contributed by atoms with Gasteiger partial charge in [-0.05, 0) is 132 Å². The van der Waals surface area contributed by atoms with Gasteiger partial charge in [0.2, 0.25) is 0 Å². The molecule has 1 N–H and O–H groups in total. The fraction of sp³-hybridized carbons (Fsp3) is 0.0755. The number of rotatable bonds is 11. The summed E-state index contributed by atoms with van der Waals surface area (Å²) in [5.41, 5.74) is 17.9. The number of benzene rings is 7. The third kappa shape index (κ3) is 9.21. The number of hydrogen-bond acceptors (Lipinski definition) is 2. The van der Waals surface area contributed by atoms with Crippen LogP contribution in [0.15, 0.2) is 176 Å². The van der Waals surface area contributed by atoms with Gasteiger partial charge >= 0.3 is 5.97 Å². The smallest absolute Gasteiger partial charge is 0.328 e. The Morgan fingerprint density at radius 3 is 0.929 bits per heavy atom. The molecule has 0 bridgehead atoms. The lowest BCUT2D eigenvalue weighted by Gasteiger charge is -2.26. The summed E-state index contributed by atoms with van der Waals surface area (Å²) in [5, 5.41) is 9.17. The third-order valence-corrected chi connectivity index (χ3v) is 9.94. The minimum atomic E-state index is -0.972. The molecule has 0 aromatic heterocycles. The zero-order chi connectivity index (χ0) is 39.0. The minimum absolute atomic E-state index is 0.816. The van der Waals surface area contributed by atoms with Crippen molar-refractivity contribution >= 4 is 52.4 Å². The van der Waals surface area contributed by atoms with Crippen molar-refractivity contribution in [1.82, 2.24) is 0 Å². The first-order valence-corrected chi connectivity index (χ1v) is 18.9. The highest BCUT2D eigenvalue weighted by atomic mass is 16.4. The molecule has 3 nitrogen and oxygen atoms in total. The standard InChI is InChI=1S/C53H45NO2/c1-37-5-20-44(21-6-37)51(45-22-7-38(2)8-23-45)35-42-15-30-49(31-16-42)54(48-28-13-41(14-29-48)19-34-53(55)56)50-32-17-43(18-33-50)36-52(46-24-9-39(3)10-25-46)47-26-11-40(4)12-27-47/h5-36H,1-4H3,(H,55,56)/b34-19-. The number of carboxylic acid groups (broad SMARTS) is 1. The first-order valence-electron chi connectivity index (χ1n) is 18.9. The van der Waals surface area contributed by atoms with Gasteiger partial charge in [-0.25, -0.2) is 4.79 Å². The summed E-state index contributed by atoms with van der Waals surface area (Å²) in [6, 6.07) is 60.1. The van der Waals surface area contributed by atoms with Crippen molar-refractivity contribution in [3.05, 3.63) is 237 Å². The summed E-state index contributed by atoms with van der Waals surface area (Å²) < 4.78 is 0. The Labute approximate surface area is 330 Å². The van der Waals surface area contributed by atoms with Crippen LogP contribution >= 0.6 is 0 Å². The molecule has 0 radical (unpaired) electrons. The van der Waals surface area contributed by atoms with Gasteiger partial charge < -0.3 is 10.0 Å². The summed E-state index contributed by atoms with van der Waals surface area (Å²) in [7, 11) is 0. The lowest BCUT2D eigenvalue weighted by Crippen LogP contribution is -2.09. The highest BCUT2D eigenvalue weighted by Crippen LogP contribution is 2.37. The van der Waals surface area contributed by atoms with E-state index in [9.17, 15) is 4.79 Å². The molecule has 274 valence electrons. The van der Waals surface area contributed by atoms with E-state index in [-0.39, 0.29) is 0 Å². The van der Waals surface area contributed by atoms with Crippen LogP contribution in [0.1, 0.15) is 61.2 Å². The summed E-state index contributed by atoms with van der Waals surface area (Å²) >= 11 is 0. The Bertz CT molecular complexity index is 2260. The summed E-state index contributed by atoms with van der Waals surface area (Å²) in [5.74, 6) is -0.972. The molecule has 7 aromatic rings. The predicted octanol–water partition coefficient (Wildman–Crippen LogP) is 13.7. The number of aliphatic carboxylic acids is 1. The average molecular weight is 728 g/mol. The maximum absolute atomic E-state index is 11.2. The van der Waals surface area contributed by atoms with E-state index in [1.807, 2.05) is 24.3 Å². The van der Waals surface area contributed by atoms with E-state index in [0.29, 0.717) is 0 Å². The fourth-order valence-corrected chi connectivity index (χ4v) is 6.72. The molecular weight excluding hydrogens is 683 g/mol. The van der Waals surface area contributed by atoms with Crippen LogP contribution in [0.25, 0.3) is 29.4 Å². The summed E-state index contributed by atoms with van der Waals surface area (Å²) in [6.45, 7) is 8.45. The molecule has 0 spiro atoms. The van der Waals surface area contributed by atoms with Gasteiger partial charge in [-0.15, -0.1) is 0 Å². The first-order chi connectivity index (χ1) is 27.2. The molecule has 0 saturated carbocycles. The van der Waals surface area contributed by atoms with E-state index in [2.05, 4.69) is 190 Å². The Kier molecular flexibility index (Phi) is 11.3. The lowest BCUT2D eigenvalue weighted by atomic mass is 9.94. The van der Waals surface area contributed by atoms with Crippen LogP contribution < -0.4 is 4.90 Å². The Hall–Kier alpha value is -6.97. The highest BCUT2D eigenvalue weighted by molar-refractivity contribution is 5.93. The topological polar surface area (TPSA) is 40.5 Å². The molecule has 7 aromatic carbocycles. The lowest BCUT2D eigenvalue weighted by molar-refractivity contribution is -0.131. The van der Waals surface area contributed by atoms with Crippen molar-refractivity contribution < 1.29 is 9.90 Å². The number of carbonyl (C=O) groups is 1. The molecule has 56 heavy (non-hydrogen) atoms. The Morgan fingerprint density at radius 2 is 0.661 bits per heavy atom. The van der Waals surface area contributed by atoms with Crippen LogP contribution in [0.2, 0.25) is 0 Å². The molecule has 7 rings (SSSR count). The molecule has 0 unspecified atom stereocenters. The van der Waals surface area contributed by atoms with E-state index in [4.69, 9.17) is 5.11 Å². The largest absolute Gasteiger partial charge is 0.478 e. The molecule has 0 aliphatic rings. The van der Waals surface area contributed by atoms with E-state index in [1.54, 1.807) is 6.08 Å². The second-order valence-electron chi connectivity index (χ2n) is 14.4. The maximum Gasteiger partial charge on any atom is 0.328 e. The first kappa shape index (κ1) is 37.3. The van der Waals surface area contributed by atoms with Gasteiger partial charge in [0.15, 0.2) is 0 Å². The zero-order valence-corrected chi connectivity index (χ0v) is 32.3. The van der Waals surface area contributed by atoms with Gasteiger partial charge in [0, 0.05) is 23.1 Å². The SMILES string of the molecule is Cc1ccc(C(=Cc2ccc(N(c3ccc(C=C(c4ccc(C)cc4)c4ccc(C)cc4)cc3)c3ccc(/C=C\C(=O)O)cc3)cc2)c2ccc(C)cc2)cc1. The van der Waals surface area contributed by atoms with E-state index < -0.39 is 5.97 Å². The van der Waals surface area contributed by atoms with Crippen molar-refractivity contribution in [1.29, 1.82) is 0 Å². The van der Waals surface area contributed by atoms with Crippen molar-refractivity contribution in [2.45, 2.75) is 27.7 Å². The Morgan fingerprint density at radius 1 is 0.393 bits per heavy atom. The number of hydrogen-bond donors (Lipinski definition) is 1. The van der Waals surface area contributed by atoms with Crippen molar-refractivity contribution in [3.8, 4) is 0 Å². The van der Waals surface area contributed by atoms with Gasteiger partial charge in [0.05, 0.1) is 0 Å². The van der Waals surface area contributed by atoms with Crippen LogP contribution in [0, 0.1) is 27.7 Å². The summed E-state index contributed by atoms with van der Waals surface area (Å²) in [6.07, 6.45) is 7.29. The van der Waals surface area contributed by atoms with Crippen molar-refractivity contribution in [2.75, 3.05) is 4.90 Å². The zero-order valence-electron chi connectivity index (χ0n) is 32.3. The van der Waals surface area contributed by atoms with Crippen LogP contribution in [-0.4, -0.2) is 11.1 Å². The van der Waals surface area contributed by atoms with Crippen LogP contribution in [0.4, 0.5) is 17.1 Å². The van der Waals surface area contributed by atoms with Gasteiger partial charge in [-0.3, -0.25) is 0 Å². The average Bonchev–Trinajstić information content (AvgIpc) is 3.21. The minimum Gasteiger partial charge on any atom is -0.478 e. The normalized spacial score (nSPS) is 10.9. The molecule has 0 fully saturated rings. The molecule has 0 aliphatic heterocycles. The van der Waals surface area contributed by atoms with Crippen LogP contribution in [-0.2, 0) is 4.79 Å². The van der Waals surface area contributed by atoms with Crippen molar-refractivity contribution in [2.24, 2.45) is 0 Å². The molecular formula is C53H45NO2. The van der Waals surface area contributed by atoms with Gasteiger partial charge in [-0.1, -0.05) is 156 Å². The van der Waals surface area contributed by atoms with Crippen LogP contribution in [0.3, 0.4) is 0 Å². The van der Waals surface area contributed by atoms with Crippen molar-refractivity contribution in [3.63, 3.8) is 0 Å². The number of carboxylic acids is 1. The monoisotopic (exact) mass is 727 g/mol. The molecule has 0 amide bonds. The second-order valence-corrected chi connectivity index (χ2v) is 14.4. The number of anilines is 3. The van der Waals surface area contributed by atoms with Gasteiger partial charge in [0.1, 0.15) is 0 Å². The number of nitrogens with zero attached hydrogens (tertiary/aromatic N) is 1. The van der Waals surface area contributed by atoms with Crippen LogP contribution in [0.5, 0.6) is 0 Å². The van der Waals surface area contributed by atoms with E-state index >= 15 is 0 Å². The fourth-order valence-electron chi connectivity index (χ4n) is 6.72. The van der Waals surface area contributed by atoms with Gasteiger partial charge in [0.25, 0.3) is 0 Å². The Balaban J connectivity index is 1.27.